The molecular weight excluding hydrogens is 408 g/mol. The van der Waals surface area contributed by atoms with E-state index in [9.17, 15) is 13.2 Å². The van der Waals surface area contributed by atoms with E-state index in [4.69, 9.17) is 0 Å². The number of hydrogen-bond acceptors (Lipinski definition) is 5. The number of carbonyl (C=O) groups is 1. The predicted octanol–water partition coefficient (Wildman–Crippen LogP) is 2.45. The van der Waals surface area contributed by atoms with E-state index in [0.29, 0.717) is 42.5 Å². The van der Waals surface area contributed by atoms with Gasteiger partial charge in [-0.25, -0.2) is 8.42 Å². The van der Waals surface area contributed by atoms with Crippen LogP contribution in [0.2, 0.25) is 0 Å². The van der Waals surface area contributed by atoms with Gasteiger partial charge in [0, 0.05) is 49.0 Å². The van der Waals surface area contributed by atoms with E-state index in [2.05, 4.69) is 5.10 Å². The molecule has 0 aliphatic carbocycles. The quantitative estimate of drug-likeness (QED) is 0.623. The van der Waals surface area contributed by atoms with Crippen molar-refractivity contribution in [1.82, 2.24) is 19.0 Å². The van der Waals surface area contributed by atoms with Gasteiger partial charge in [0.05, 0.1) is 6.54 Å². The molecule has 9 heteroatoms. The largest absolute Gasteiger partial charge is 0.336 e. The molecule has 0 saturated carbocycles. The van der Waals surface area contributed by atoms with E-state index in [0.717, 1.165) is 10.4 Å². The molecule has 1 saturated heterocycles. The van der Waals surface area contributed by atoms with Crippen LogP contribution in [0.15, 0.2) is 59.1 Å². The molecule has 29 heavy (non-hydrogen) atoms. The minimum Gasteiger partial charge on any atom is -0.336 e. The highest BCUT2D eigenvalue weighted by atomic mass is 32.2. The van der Waals surface area contributed by atoms with Gasteiger partial charge in [0.15, 0.2) is 0 Å². The molecule has 3 aromatic rings. The fourth-order valence-corrected chi connectivity index (χ4v) is 6.19. The Morgan fingerprint density at radius 1 is 1.07 bits per heavy atom. The lowest BCUT2D eigenvalue weighted by atomic mass is 10.1. The minimum atomic E-state index is -3.48. The van der Waals surface area contributed by atoms with Gasteiger partial charge in [-0.1, -0.05) is 12.1 Å². The summed E-state index contributed by atoms with van der Waals surface area (Å²) in [6, 6.07) is 12.8. The normalized spacial score (nSPS) is 15.6. The zero-order chi connectivity index (χ0) is 20.4. The van der Waals surface area contributed by atoms with Crippen LogP contribution in [-0.2, 0) is 16.6 Å². The van der Waals surface area contributed by atoms with Gasteiger partial charge in [-0.3, -0.25) is 9.48 Å². The van der Waals surface area contributed by atoms with Crippen LogP contribution in [0.25, 0.3) is 0 Å². The summed E-state index contributed by atoms with van der Waals surface area (Å²) in [4.78, 5) is 15.5. The van der Waals surface area contributed by atoms with Crippen molar-refractivity contribution in [3.05, 3.63) is 70.9 Å². The van der Waals surface area contributed by atoms with Crippen molar-refractivity contribution in [1.29, 1.82) is 0 Å². The number of hydrogen-bond donors (Lipinski definition) is 0. The Balaban J connectivity index is 1.37. The Bertz CT molecular complexity index is 1080. The van der Waals surface area contributed by atoms with Gasteiger partial charge in [0.25, 0.3) is 15.9 Å². The number of carbonyl (C=O) groups excluding carboxylic acids is 1. The summed E-state index contributed by atoms with van der Waals surface area (Å²) in [5.74, 6) is -0.0698. The first-order chi connectivity index (χ1) is 13.9. The SMILES string of the molecule is Cc1ccc(S(=O)(=O)N2CCN(C(=O)c3ccc(Cn4cccn4)cc3)CC2)s1. The molecule has 0 unspecified atom stereocenters. The molecule has 0 N–H and O–H groups in total. The van der Waals surface area contributed by atoms with Crippen LogP contribution in [0.3, 0.4) is 0 Å². The maximum Gasteiger partial charge on any atom is 0.253 e. The van der Waals surface area contributed by atoms with Crippen molar-refractivity contribution < 1.29 is 13.2 Å². The molecule has 1 amide bonds. The molecule has 0 spiro atoms. The average molecular weight is 431 g/mol. The van der Waals surface area contributed by atoms with E-state index >= 15 is 0 Å². The number of thiophene rings is 1. The van der Waals surface area contributed by atoms with Crippen LogP contribution >= 0.6 is 11.3 Å². The molecule has 1 aliphatic heterocycles. The minimum absolute atomic E-state index is 0.0698. The van der Waals surface area contributed by atoms with E-state index in [1.807, 2.05) is 54.2 Å². The smallest absolute Gasteiger partial charge is 0.253 e. The van der Waals surface area contributed by atoms with E-state index in [1.54, 1.807) is 17.2 Å². The Morgan fingerprint density at radius 3 is 2.38 bits per heavy atom. The molecule has 4 rings (SSSR count). The van der Waals surface area contributed by atoms with Gasteiger partial charge in [-0.15, -0.1) is 11.3 Å². The van der Waals surface area contributed by atoms with E-state index in [-0.39, 0.29) is 5.91 Å². The highest BCUT2D eigenvalue weighted by Crippen LogP contribution is 2.25. The summed E-state index contributed by atoms with van der Waals surface area (Å²) < 4.78 is 29.1. The molecule has 0 atom stereocenters. The molecule has 0 radical (unpaired) electrons. The predicted molar refractivity (Wildman–Crippen MR) is 111 cm³/mol. The molecule has 0 bridgehead atoms. The van der Waals surface area contributed by atoms with Crippen molar-refractivity contribution in [2.45, 2.75) is 17.7 Å². The molecule has 1 aliphatic rings. The lowest BCUT2D eigenvalue weighted by Gasteiger charge is -2.33. The zero-order valence-corrected chi connectivity index (χ0v) is 17.7. The lowest BCUT2D eigenvalue weighted by Crippen LogP contribution is -2.50. The van der Waals surface area contributed by atoms with Crippen molar-refractivity contribution >= 4 is 27.3 Å². The molecule has 152 valence electrons. The fourth-order valence-electron chi connectivity index (χ4n) is 3.33. The van der Waals surface area contributed by atoms with Crippen LogP contribution < -0.4 is 0 Å². The molecule has 1 aromatic carbocycles. The van der Waals surface area contributed by atoms with Crippen LogP contribution in [0.1, 0.15) is 20.8 Å². The molecular formula is C20H22N4O3S2. The van der Waals surface area contributed by atoms with E-state index < -0.39 is 10.0 Å². The van der Waals surface area contributed by atoms with Crippen LogP contribution in [0, 0.1) is 6.92 Å². The number of piperazine rings is 1. The second-order valence-electron chi connectivity index (χ2n) is 6.96. The highest BCUT2D eigenvalue weighted by Gasteiger charge is 2.31. The van der Waals surface area contributed by atoms with Gasteiger partial charge < -0.3 is 4.90 Å². The Kier molecular flexibility index (Phi) is 5.53. The van der Waals surface area contributed by atoms with Gasteiger partial charge >= 0.3 is 0 Å². The summed E-state index contributed by atoms with van der Waals surface area (Å²) in [6.45, 7) is 3.93. The number of amides is 1. The Labute approximate surface area is 174 Å². The molecule has 2 aromatic heterocycles. The number of rotatable bonds is 5. The number of nitrogens with zero attached hydrogens (tertiary/aromatic N) is 4. The van der Waals surface area contributed by atoms with Gasteiger partial charge in [-0.2, -0.15) is 9.40 Å². The van der Waals surface area contributed by atoms with Crippen LogP contribution in [0.4, 0.5) is 0 Å². The average Bonchev–Trinajstić information content (AvgIpc) is 3.40. The number of benzene rings is 1. The van der Waals surface area contributed by atoms with Crippen molar-refractivity contribution in [2.24, 2.45) is 0 Å². The van der Waals surface area contributed by atoms with Crippen LogP contribution in [-0.4, -0.2) is 59.5 Å². The van der Waals surface area contributed by atoms with E-state index in [1.165, 1.54) is 15.6 Å². The van der Waals surface area contributed by atoms with Crippen molar-refractivity contribution in [3.63, 3.8) is 0 Å². The highest BCUT2D eigenvalue weighted by molar-refractivity contribution is 7.91. The second kappa shape index (κ2) is 8.10. The van der Waals surface area contributed by atoms with Gasteiger partial charge in [-0.05, 0) is 42.8 Å². The maximum atomic E-state index is 12.8. The van der Waals surface area contributed by atoms with Crippen molar-refractivity contribution in [3.8, 4) is 0 Å². The Morgan fingerprint density at radius 2 is 1.79 bits per heavy atom. The molecule has 3 heterocycles. The number of aromatic nitrogens is 2. The summed E-state index contributed by atoms with van der Waals surface area (Å²) in [6.07, 6.45) is 3.63. The van der Waals surface area contributed by atoms with Gasteiger partial charge in [0.2, 0.25) is 0 Å². The molecule has 1 fully saturated rings. The summed E-state index contributed by atoms with van der Waals surface area (Å²) in [5.41, 5.74) is 1.67. The van der Waals surface area contributed by atoms with Gasteiger partial charge in [0.1, 0.15) is 4.21 Å². The topological polar surface area (TPSA) is 75.5 Å². The first-order valence-corrected chi connectivity index (χ1v) is 11.6. The third kappa shape index (κ3) is 4.26. The first kappa shape index (κ1) is 19.8. The Hall–Kier alpha value is -2.49. The van der Waals surface area contributed by atoms with Crippen LogP contribution in [0.5, 0.6) is 0 Å². The summed E-state index contributed by atoms with van der Waals surface area (Å²) in [7, 11) is -3.48. The maximum absolute atomic E-state index is 12.8. The number of aryl methyl sites for hydroxylation is 1. The standard InChI is InChI=1S/C20H22N4O3S2/c1-16-3-8-19(28-16)29(26,27)24-13-11-22(12-14-24)20(25)18-6-4-17(5-7-18)15-23-10-2-9-21-23/h2-10H,11-15H2,1H3. The third-order valence-corrected chi connectivity index (χ3v) is 8.31. The summed E-state index contributed by atoms with van der Waals surface area (Å²) >= 11 is 1.28. The lowest BCUT2D eigenvalue weighted by molar-refractivity contribution is 0.0698. The summed E-state index contributed by atoms with van der Waals surface area (Å²) in [5, 5.41) is 4.18. The fraction of sp³-hybridized carbons (Fsp3) is 0.300. The monoisotopic (exact) mass is 430 g/mol. The molecule has 7 nitrogen and oxygen atoms in total. The zero-order valence-electron chi connectivity index (χ0n) is 16.1. The second-order valence-corrected chi connectivity index (χ2v) is 10.4. The third-order valence-electron chi connectivity index (χ3n) is 4.94. The number of sulfonamides is 1. The van der Waals surface area contributed by atoms with Crippen molar-refractivity contribution in [2.75, 3.05) is 26.2 Å². The first-order valence-electron chi connectivity index (χ1n) is 9.36.